The summed E-state index contributed by atoms with van der Waals surface area (Å²) in [5.41, 5.74) is 5.90. The number of allylic oxidation sites excluding steroid dienone is 1. The fourth-order valence-corrected chi connectivity index (χ4v) is 5.07. The number of esters is 1. The number of aromatic carboxylic acids is 1. The molecule has 0 radical (unpaired) electrons. The number of nitrogens with one attached hydrogen (secondary N) is 2. The van der Waals surface area contributed by atoms with Gasteiger partial charge in [0.25, 0.3) is 0 Å². The van der Waals surface area contributed by atoms with Crippen LogP contribution in [0, 0.1) is 0 Å². The number of rotatable bonds is 7. The molecular weight excluding hydrogens is 494 g/mol. The van der Waals surface area contributed by atoms with Gasteiger partial charge < -0.3 is 24.9 Å². The molecule has 0 saturated heterocycles. The monoisotopic (exact) mass is 523 g/mol. The van der Waals surface area contributed by atoms with E-state index in [-0.39, 0.29) is 17.9 Å². The molecule has 39 heavy (non-hydrogen) atoms. The third-order valence-electron chi connectivity index (χ3n) is 6.91. The average molecular weight is 524 g/mol. The molecule has 1 aliphatic heterocycles. The molecular formula is C31H29N3O5. The molecule has 2 aromatic carbocycles. The Morgan fingerprint density at radius 3 is 2.59 bits per heavy atom. The quantitative estimate of drug-likeness (QED) is 0.267. The van der Waals surface area contributed by atoms with Gasteiger partial charge in [-0.2, -0.15) is 0 Å². The highest BCUT2D eigenvalue weighted by Gasteiger charge is 2.35. The van der Waals surface area contributed by atoms with Crippen LogP contribution in [0.2, 0.25) is 0 Å². The van der Waals surface area contributed by atoms with Gasteiger partial charge in [0.2, 0.25) is 0 Å². The highest BCUT2D eigenvalue weighted by molar-refractivity contribution is 5.95. The normalized spacial score (nSPS) is 15.2. The first-order valence-electron chi connectivity index (χ1n) is 12.8. The van der Waals surface area contributed by atoms with E-state index in [1.54, 1.807) is 56.3 Å². The molecule has 4 N–H and O–H groups in total. The standard InChI is InChI=1S/C31H29N3O5/c1-4-18-9-8-10-19(15-18)26-25(31(38)39-5-2)17(3)32-29-27(26)28(35)24(34-29)16-20-13-14-23(33-20)21-11-6-7-12-22(21)30(36)37/h6-16,26,33,35H,4-5H2,1-3H3,(H,32,34)(H,36,37). The van der Waals surface area contributed by atoms with Crippen molar-refractivity contribution in [2.24, 2.45) is 4.99 Å². The molecule has 0 fully saturated rings. The molecule has 2 aromatic heterocycles. The van der Waals surface area contributed by atoms with Crippen LogP contribution < -0.4 is 10.8 Å². The number of ether oxygens (including phenoxy) is 1. The van der Waals surface area contributed by atoms with Crippen molar-refractivity contribution in [1.29, 1.82) is 0 Å². The fourth-order valence-electron chi connectivity index (χ4n) is 5.07. The topological polar surface area (TPSA) is 128 Å². The number of aryl methyl sites for hydroxylation is 1. The summed E-state index contributed by atoms with van der Waals surface area (Å²) in [5.74, 6) is -2.06. The first kappa shape index (κ1) is 25.8. The molecule has 5 rings (SSSR count). The maximum atomic E-state index is 13.1. The van der Waals surface area contributed by atoms with E-state index in [9.17, 15) is 19.8 Å². The molecule has 0 bridgehead atoms. The van der Waals surface area contributed by atoms with Crippen molar-refractivity contribution in [2.75, 3.05) is 6.61 Å². The van der Waals surface area contributed by atoms with Crippen molar-refractivity contribution in [2.45, 2.75) is 33.1 Å². The highest BCUT2D eigenvalue weighted by atomic mass is 16.5. The van der Waals surface area contributed by atoms with Crippen molar-refractivity contribution in [3.63, 3.8) is 0 Å². The van der Waals surface area contributed by atoms with Gasteiger partial charge in [-0.15, -0.1) is 0 Å². The number of carboxylic acids is 1. The lowest BCUT2D eigenvalue weighted by molar-refractivity contribution is -0.138. The van der Waals surface area contributed by atoms with Gasteiger partial charge >= 0.3 is 11.9 Å². The maximum absolute atomic E-state index is 13.1. The van der Waals surface area contributed by atoms with Gasteiger partial charge in [0, 0.05) is 17.0 Å². The largest absolute Gasteiger partial charge is 0.505 e. The lowest BCUT2D eigenvalue weighted by Gasteiger charge is -2.24. The van der Waals surface area contributed by atoms with Crippen molar-refractivity contribution in [3.05, 3.63) is 111 Å². The molecule has 1 atom stereocenters. The number of nitrogens with zero attached hydrogens (tertiary/aromatic N) is 1. The average Bonchev–Trinajstić information content (AvgIpc) is 3.52. The Hall–Kier alpha value is -4.85. The number of aromatic amines is 2. The number of carbonyl (C=O) groups is 2. The Morgan fingerprint density at radius 1 is 1.05 bits per heavy atom. The number of benzene rings is 2. The number of aromatic hydroxyl groups is 1. The first-order valence-corrected chi connectivity index (χ1v) is 12.8. The molecule has 3 heterocycles. The highest BCUT2D eigenvalue weighted by Crippen LogP contribution is 2.38. The second-order valence-electron chi connectivity index (χ2n) is 9.33. The van der Waals surface area contributed by atoms with Crippen LogP contribution in [0.1, 0.15) is 59.4 Å². The van der Waals surface area contributed by atoms with Gasteiger partial charge in [-0.25, -0.2) is 14.6 Å². The molecule has 198 valence electrons. The zero-order chi connectivity index (χ0) is 27.7. The van der Waals surface area contributed by atoms with Crippen LogP contribution in [0.3, 0.4) is 0 Å². The van der Waals surface area contributed by atoms with Gasteiger partial charge in [-0.05, 0) is 55.7 Å². The summed E-state index contributed by atoms with van der Waals surface area (Å²) in [7, 11) is 0. The SMILES string of the molecule is CCOC(=O)C1=C(C)N=c2[nH]c(=Cc3ccc(-c4ccccc4C(=O)O)[nH]3)c(O)c2C1c1cccc(CC)c1. The molecule has 8 heteroatoms. The minimum atomic E-state index is -1.01. The Labute approximate surface area is 225 Å². The third kappa shape index (κ3) is 4.77. The van der Waals surface area contributed by atoms with Gasteiger partial charge in [0.15, 0.2) is 0 Å². The summed E-state index contributed by atoms with van der Waals surface area (Å²) in [4.78, 5) is 35.8. The zero-order valence-corrected chi connectivity index (χ0v) is 21.9. The van der Waals surface area contributed by atoms with Crippen LogP contribution in [-0.2, 0) is 16.0 Å². The number of H-pyrrole nitrogens is 2. The molecule has 1 unspecified atom stereocenters. The van der Waals surface area contributed by atoms with E-state index in [1.165, 1.54) is 0 Å². The summed E-state index contributed by atoms with van der Waals surface area (Å²) < 4.78 is 5.39. The number of carbonyl (C=O) groups excluding carboxylic acids is 1. The molecule has 0 aliphatic carbocycles. The Kier molecular flexibility index (Phi) is 6.94. The summed E-state index contributed by atoms with van der Waals surface area (Å²) in [5, 5.41) is 21.4. The number of carboxylic acid groups (broad SMARTS) is 1. The van der Waals surface area contributed by atoms with Crippen molar-refractivity contribution >= 4 is 18.0 Å². The Balaban J connectivity index is 1.64. The predicted octanol–water partition coefficient (Wildman–Crippen LogP) is 4.41. The van der Waals surface area contributed by atoms with Gasteiger partial charge in [-0.3, -0.25) is 0 Å². The van der Waals surface area contributed by atoms with Crippen LogP contribution in [0.25, 0.3) is 17.3 Å². The maximum Gasteiger partial charge on any atom is 0.336 e. The minimum absolute atomic E-state index is 0.0166. The first-order chi connectivity index (χ1) is 18.8. The fraction of sp³-hybridized carbons (Fsp3) is 0.194. The molecule has 1 aliphatic rings. The summed E-state index contributed by atoms with van der Waals surface area (Å²) in [6, 6.07) is 18.3. The van der Waals surface area contributed by atoms with Crippen molar-refractivity contribution in [3.8, 4) is 17.0 Å². The lowest BCUT2D eigenvalue weighted by Crippen LogP contribution is -2.26. The van der Waals surface area contributed by atoms with E-state index >= 15 is 0 Å². The molecule has 0 spiro atoms. The van der Waals surface area contributed by atoms with E-state index in [2.05, 4.69) is 21.9 Å². The van der Waals surface area contributed by atoms with E-state index in [0.717, 1.165) is 17.5 Å². The van der Waals surface area contributed by atoms with Crippen molar-refractivity contribution in [1.82, 2.24) is 9.97 Å². The van der Waals surface area contributed by atoms with Gasteiger partial charge in [0.05, 0.1) is 40.3 Å². The van der Waals surface area contributed by atoms with E-state index in [0.29, 0.717) is 44.6 Å². The lowest BCUT2D eigenvalue weighted by atomic mass is 9.82. The second-order valence-corrected chi connectivity index (χ2v) is 9.33. The van der Waals surface area contributed by atoms with Crippen LogP contribution >= 0.6 is 0 Å². The van der Waals surface area contributed by atoms with Crippen LogP contribution in [0.5, 0.6) is 5.75 Å². The zero-order valence-electron chi connectivity index (χ0n) is 21.9. The van der Waals surface area contributed by atoms with E-state index in [1.807, 2.05) is 24.3 Å². The molecule has 0 amide bonds. The van der Waals surface area contributed by atoms with E-state index < -0.39 is 17.9 Å². The molecule has 8 nitrogen and oxygen atoms in total. The summed E-state index contributed by atoms with van der Waals surface area (Å²) >= 11 is 0. The number of hydrogen-bond donors (Lipinski definition) is 4. The van der Waals surface area contributed by atoms with Crippen LogP contribution in [-0.4, -0.2) is 38.7 Å². The summed E-state index contributed by atoms with van der Waals surface area (Å²) in [6.45, 7) is 5.81. The smallest absolute Gasteiger partial charge is 0.336 e. The van der Waals surface area contributed by atoms with Crippen LogP contribution in [0.15, 0.2) is 76.9 Å². The number of aromatic nitrogens is 2. The Morgan fingerprint density at radius 2 is 1.85 bits per heavy atom. The third-order valence-corrected chi connectivity index (χ3v) is 6.91. The van der Waals surface area contributed by atoms with Gasteiger partial charge in [-0.1, -0.05) is 49.4 Å². The van der Waals surface area contributed by atoms with Crippen LogP contribution in [0.4, 0.5) is 0 Å². The van der Waals surface area contributed by atoms with Crippen molar-refractivity contribution < 1.29 is 24.5 Å². The number of hydrogen-bond acceptors (Lipinski definition) is 5. The predicted molar refractivity (Wildman–Crippen MR) is 147 cm³/mol. The second kappa shape index (κ2) is 10.5. The molecule has 0 saturated carbocycles. The summed E-state index contributed by atoms with van der Waals surface area (Å²) in [6.07, 6.45) is 2.56. The van der Waals surface area contributed by atoms with E-state index in [4.69, 9.17) is 4.74 Å². The number of fused-ring (bicyclic) bond motifs is 1. The molecule has 4 aromatic rings. The van der Waals surface area contributed by atoms with Gasteiger partial charge in [0.1, 0.15) is 11.2 Å². The minimum Gasteiger partial charge on any atom is -0.505 e. The Bertz CT molecular complexity index is 1740.